The lowest BCUT2D eigenvalue weighted by atomic mass is 10.1. The van der Waals surface area contributed by atoms with Crippen LogP contribution in [0.3, 0.4) is 0 Å². The van der Waals surface area contributed by atoms with Crippen LogP contribution < -0.4 is 31.1 Å². The van der Waals surface area contributed by atoms with Gasteiger partial charge in [0.2, 0.25) is 11.8 Å². The standard InChI is InChI=1S/C20H25N7O2.C18H20N6O2/c1-25-6-5-15(11-25)26(2)16-9-17(22-14-3-4-14)27-19(23-16)13(10-21-27)7-12-8-18(28)24-20(12)29;25-16-8-11(18(26)22-16)7-12-10-19-24-15(20-13-3-4-13)9-14(21-17(12)24)23-5-1-2-6-23/h7,9-10,14-15,22H,3-6,8,11H2,1-2H3,(H,24,28,29);7,9-10,13,20H,1-6,8H2,(H,22,25,26)/b12-7+;11-7+. The van der Waals surface area contributed by atoms with Crippen LogP contribution in [0.4, 0.5) is 23.3 Å². The predicted octanol–water partition coefficient (Wildman–Crippen LogP) is 2.21. The van der Waals surface area contributed by atoms with Gasteiger partial charge in [0, 0.05) is 79.2 Å². The minimum absolute atomic E-state index is 0.0946. The molecule has 4 aromatic rings. The minimum Gasteiger partial charge on any atom is -0.367 e. The first kappa shape index (κ1) is 34.9. The number of aromatic nitrogens is 6. The molecular weight excluding hydrogens is 703 g/mol. The minimum atomic E-state index is -0.340. The number of likely N-dealkylation sites (tertiary alicyclic amines) is 1. The highest BCUT2D eigenvalue weighted by atomic mass is 16.2. The fraction of sp³-hybridized carbons (Fsp3) is 0.474. The molecular formula is C38H45N13O4. The lowest BCUT2D eigenvalue weighted by Gasteiger charge is -2.26. The average molecular weight is 748 g/mol. The second-order valence-electron chi connectivity index (χ2n) is 15.5. The van der Waals surface area contributed by atoms with E-state index in [4.69, 9.17) is 9.97 Å². The van der Waals surface area contributed by atoms with Crippen LogP contribution in [0.5, 0.6) is 0 Å². The molecule has 17 nitrogen and oxygen atoms in total. The van der Waals surface area contributed by atoms with Gasteiger partial charge in [-0.15, -0.1) is 0 Å². The zero-order chi connectivity index (χ0) is 37.8. The van der Waals surface area contributed by atoms with Gasteiger partial charge in [0.25, 0.3) is 11.8 Å². The maximum Gasteiger partial charge on any atom is 0.254 e. The maximum absolute atomic E-state index is 12.0. The molecule has 1 atom stereocenters. The van der Waals surface area contributed by atoms with Crippen LogP contribution >= 0.6 is 0 Å². The molecule has 6 fully saturated rings. The Morgan fingerprint density at radius 1 is 0.745 bits per heavy atom. The van der Waals surface area contributed by atoms with Gasteiger partial charge in [0.15, 0.2) is 11.3 Å². The van der Waals surface area contributed by atoms with E-state index in [1.165, 1.54) is 25.7 Å². The van der Waals surface area contributed by atoms with Crippen molar-refractivity contribution in [1.82, 2.24) is 44.7 Å². The molecule has 4 amide bonds. The molecule has 0 spiro atoms. The molecule has 286 valence electrons. The molecule has 2 aliphatic carbocycles. The number of anilines is 4. The smallest absolute Gasteiger partial charge is 0.254 e. The first-order valence-corrected chi connectivity index (χ1v) is 19.2. The number of nitrogens with one attached hydrogen (secondary N) is 4. The summed E-state index contributed by atoms with van der Waals surface area (Å²) in [5.41, 5.74) is 3.78. The first-order chi connectivity index (χ1) is 26.6. The number of carbonyl (C=O) groups excluding carboxylic acids is 4. The molecule has 4 aliphatic heterocycles. The molecule has 0 bridgehead atoms. The van der Waals surface area contributed by atoms with E-state index in [2.05, 4.69) is 72.4 Å². The van der Waals surface area contributed by atoms with E-state index in [0.29, 0.717) is 40.6 Å². The molecule has 4 aromatic heterocycles. The van der Waals surface area contributed by atoms with Crippen LogP contribution in [-0.2, 0) is 19.2 Å². The predicted molar refractivity (Wildman–Crippen MR) is 207 cm³/mol. The summed E-state index contributed by atoms with van der Waals surface area (Å²) in [6.07, 6.45) is 15.2. The van der Waals surface area contributed by atoms with Crippen LogP contribution in [0.1, 0.15) is 68.9 Å². The fourth-order valence-corrected chi connectivity index (χ4v) is 7.54. The van der Waals surface area contributed by atoms with E-state index in [0.717, 1.165) is 79.8 Å². The Labute approximate surface area is 317 Å². The molecule has 1 unspecified atom stereocenters. The second-order valence-corrected chi connectivity index (χ2v) is 15.5. The van der Waals surface area contributed by atoms with Gasteiger partial charge >= 0.3 is 0 Å². The Hall–Kier alpha value is -5.84. The van der Waals surface area contributed by atoms with Crippen molar-refractivity contribution in [3.8, 4) is 0 Å². The van der Waals surface area contributed by atoms with Gasteiger partial charge in [-0.25, -0.2) is 9.97 Å². The van der Waals surface area contributed by atoms with E-state index < -0.39 is 0 Å². The molecule has 55 heavy (non-hydrogen) atoms. The van der Waals surface area contributed by atoms with Crippen molar-refractivity contribution >= 4 is 70.3 Å². The van der Waals surface area contributed by atoms with Gasteiger partial charge in [0.05, 0.1) is 25.2 Å². The number of imide groups is 2. The molecule has 0 radical (unpaired) electrons. The Morgan fingerprint density at radius 2 is 1.29 bits per heavy atom. The number of likely N-dealkylation sites (N-methyl/N-ethyl adjacent to an activating group) is 2. The maximum atomic E-state index is 12.0. The summed E-state index contributed by atoms with van der Waals surface area (Å²) >= 11 is 0. The van der Waals surface area contributed by atoms with E-state index >= 15 is 0 Å². The zero-order valence-electron chi connectivity index (χ0n) is 31.0. The highest BCUT2D eigenvalue weighted by Gasteiger charge is 2.30. The van der Waals surface area contributed by atoms with E-state index in [1.54, 1.807) is 33.6 Å². The largest absolute Gasteiger partial charge is 0.367 e. The van der Waals surface area contributed by atoms with Gasteiger partial charge in [-0.2, -0.15) is 19.2 Å². The Morgan fingerprint density at radius 3 is 1.78 bits per heavy atom. The van der Waals surface area contributed by atoms with E-state index in [-0.39, 0.29) is 36.5 Å². The molecule has 2 saturated carbocycles. The quantitative estimate of drug-likeness (QED) is 0.144. The van der Waals surface area contributed by atoms with Gasteiger partial charge in [-0.3, -0.25) is 29.8 Å². The first-order valence-electron chi connectivity index (χ1n) is 19.2. The van der Waals surface area contributed by atoms with Gasteiger partial charge < -0.3 is 25.3 Å². The molecule has 10 rings (SSSR count). The number of fused-ring (bicyclic) bond motifs is 2. The van der Waals surface area contributed by atoms with Crippen LogP contribution in [0.25, 0.3) is 23.4 Å². The van der Waals surface area contributed by atoms with E-state index in [1.807, 2.05) is 0 Å². The monoisotopic (exact) mass is 747 g/mol. The lowest BCUT2D eigenvalue weighted by Crippen LogP contribution is -2.34. The third-order valence-corrected chi connectivity index (χ3v) is 11.0. The summed E-state index contributed by atoms with van der Waals surface area (Å²) in [4.78, 5) is 63.4. The lowest BCUT2D eigenvalue weighted by molar-refractivity contribution is -0.125. The fourth-order valence-electron chi connectivity index (χ4n) is 7.54. The number of rotatable bonds is 9. The number of hydrogen-bond donors (Lipinski definition) is 4. The summed E-state index contributed by atoms with van der Waals surface area (Å²) in [7, 11) is 4.22. The molecule has 0 aromatic carbocycles. The van der Waals surface area contributed by atoms with Gasteiger partial charge in [-0.1, -0.05) is 0 Å². The Bertz CT molecular complexity index is 2280. The van der Waals surface area contributed by atoms with Gasteiger partial charge in [0.1, 0.15) is 23.3 Å². The highest BCUT2D eigenvalue weighted by molar-refractivity contribution is 6.16. The Kier molecular flexibility index (Phi) is 8.95. The molecule has 8 heterocycles. The Balaban J connectivity index is 0.000000145. The van der Waals surface area contributed by atoms with Gasteiger partial charge in [-0.05, 0) is 70.7 Å². The summed E-state index contributed by atoms with van der Waals surface area (Å²) < 4.78 is 3.58. The summed E-state index contributed by atoms with van der Waals surface area (Å²) in [5.74, 6) is 2.44. The normalized spacial score (nSPS) is 22.9. The topological polar surface area (TPSA) is 187 Å². The summed E-state index contributed by atoms with van der Waals surface area (Å²) in [6.45, 7) is 4.10. The molecule has 17 heteroatoms. The van der Waals surface area contributed by atoms with Crippen molar-refractivity contribution in [2.75, 3.05) is 60.7 Å². The van der Waals surface area contributed by atoms with Crippen LogP contribution in [0.15, 0.2) is 35.7 Å². The summed E-state index contributed by atoms with van der Waals surface area (Å²) in [5, 5.41) is 20.7. The third kappa shape index (κ3) is 7.35. The number of nitrogens with zero attached hydrogens (tertiary/aromatic N) is 9. The van der Waals surface area contributed by atoms with Crippen molar-refractivity contribution in [2.45, 2.75) is 75.9 Å². The summed E-state index contributed by atoms with van der Waals surface area (Å²) in [6, 6.07) is 5.50. The SMILES string of the molecule is CN1CCC(N(C)c2cc(NC3CC3)n3ncc(/C=C4\CC(=O)NC4=O)c3n2)C1.O=C1C/C(=C\c2cnn3c(NC4CC4)cc(N4CCCC4)nc23)C(=O)N1. The zero-order valence-corrected chi connectivity index (χ0v) is 31.0. The van der Waals surface area contributed by atoms with E-state index in [9.17, 15) is 19.2 Å². The van der Waals surface area contributed by atoms with Crippen molar-refractivity contribution in [1.29, 1.82) is 0 Å². The van der Waals surface area contributed by atoms with Crippen molar-refractivity contribution in [3.63, 3.8) is 0 Å². The molecule has 4 saturated heterocycles. The number of carbonyl (C=O) groups is 4. The van der Waals surface area contributed by atoms with Crippen molar-refractivity contribution in [2.24, 2.45) is 0 Å². The average Bonchev–Trinajstić information content (AvgIpc) is 3.68. The molecule has 4 N–H and O–H groups in total. The van der Waals surface area contributed by atoms with Crippen LogP contribution in [-0.4, -0.2) is 116 Å². The second kappa shape index (κ2) is 14.1. The van der Waals surface area contributed by atoms with Crippen molar-refractivity contribution in [3.05, 3.63) is 46.8 Å². The van der Waals surface area contributed by atoms with Crippen molar-refractivity contribution < 1.29 is 19.2 Å². The van der Waals surface area contributed by atoms with Crippen LogP contribution in [0, 0.1) is 0 Å². The molecule has 6 aliphatic rings. The van der Waals surface area contributed by atoms with Crippen LogP contribution in [0.2, 0.25) is 0 Å². The highest BCUT2D eigenvalue weighted by Crippen LogP contribution is 2.32. The third-order valence-electron chi connectivity index (χ3n) is 11.0. The number of amides is 4. The number of hydrogen-bond acceptors (Lipinski definition) is 13.